The molecule has 0 amide bonds. The van der Waals surface area contributed by atoms with Crippen molar-refractivity contribution in [3.8, 4) is 17.0 Å². The van der Waals surface area contributed by atoms with Crippen LogP contribution in [0.1, 0.15) is 27.2 Å². The number of aromatic nitrogens is 4. The van der Waals surface area contributed by atoms with Gasteiger partial charge >= 0.3 is 0 Å². The fourth-order valence-corrected chi connectivity index (χ4v) is 3.68. The number of pyridine rings is 2. The van der Waals surface area contributed by atoms with Crippen LogP contribution in [-0.2, 0) is 11.3 Å². The Bertz CT molecular complexity index is 1190. The highest BCUT2D eigenvalue weighted by Gasteiger charge is 2.22. The molecular weight excluding hydrogens is 464 g/mol. The number of anilines is 1. The third-order valence-corrected chi connectivity index (χ3v) is 5.58. The molecule has 0 aliphatic carbocycles. The summed E-state index contributed by atoms with van der Waals surface area (Å²) >= 11 is 0. The number of ether oxygens (including phenoxy) is 2. The van der Waals surface area contributed by atoms with E-state index in [2.05, 4.69) is 15.0 Å². The van der Waals surface area contributed by atoms with E-state index in [9.17, 15) is 15.0 Å². The highest BCUT2D eigenvalue weighted by Crippen LogP contribution is 2.23. The van der Waals surface area contributed by atoms with Crippen LogP contribution >= 0.6 is 0 Å². The van der Waals surface area contributed by atoms with Crippen LogP contribution in [0.2, 0.25) is 0 Å². The van der Waals surface area contributed by atoms with E-state index in [4.69, 9.17) is 9.47 Å². The Morgan fingerprint density at radius 2 is 1.94 bits per heavy atom. The molecule has 11 nitrogen and oxygen atoms in total. The van der Waals surface area contributed by atoms with Crippen molar-refractivity contribution >= 4 is 17.0 Å². The van der Waals surface area contributed by atoms with Crippen molar-refractivity contribution in [3.63, 3.8) is 0 Å². The normalized spacial score (nSPS) is 12.6. The zero-order chi connectivity index (χ0) is 26.3. The SMILES string of the molecule is CCCOCCn1c(=O)c(N(C)CC(O)[NH2+]CC(C)(C)O)nc2ncc(-c3ccc(OC)nc3)cc21. The quantitative estimate of drug-likeness (QED) is 0.224. The first-order valence-corrected chi connectivity index (χ1v) is 12.1. The van der Waals surface area contributed by atoms with Gasteiger partial charge in [-0.15, -0.1) is 0 Å². The molecule has 1 unspecified atom stereocenters. The van der Waals surface area contributed by atoms with Crippen molar-refractivity contribution < 1.29 is 25.0 Å². The molecule has 0 aliphatic rings. The Morgan fingerprint density at radius 3 is 2.58 bits per heavy atom. The second-order valence-corrected chi connectivity index (χ2v) is 9.36. The van der Waals surface area contributed by atoms with E-state index in [0.29, 0.717) is 43.3 Å². The number of quaternary nitrogens is 1. The number of rotatable bonds is 13. The summed E-state index contributed by atoms with van der Waals surface area (Å²) in [5, 5.41) is 22.0. The van der Waals surface area contributed by atoms with Crippen LogP contribution in [0.3, 0.4) is 0 Å². The van der Waals surface area contributed by atoms with E-state index < -0.39 is 11.8 Å². The summed E-state index contributed by atoms with van der Waals surface area (Å²) < 4.78 is 12.4. The van der Waals surface area contributed by atoms with Crippen molar-refractivity contribution in [1.29, 1.82) is 0 Å². The molecule has 0 spiro atoms. The van der Waals surface area contributed by atoms with E-state index in [-0.39, 0.29) is 17.9 Å². The largest absolute Gasteiger partial charge is 0.481 e. The van der Waals surface area contributed by atoms with Crippen LogP contribution in [-0.4, -0.2) is 82.0 Å². The van der Waals surface area contributed by atoms with Crippen LogP contribution < -0.4 is 20.5 Å². The van der Waals surface area contributed by atoms with Gasteiger partial charge in [0.05, 0.1) is 25.8 Å². The third kappa shape index (κ3) is 7.20. The minimum absolute atomic E-state index is 0.145. The lowest BCUT2D eigenvalue weighted by Crippen LogP contribution is -2.94. The van der Waals surface area contributed by atoms with Gasteiger partial charge in [0.2, 0.25) is 12.1 Å². The number of hydrogen-bond donors (Lipinski definition) is 3. The first-order valence-electron chi connectivity index (χ1n) is 12.1. The molecule has 36 heavy (non-hydrogen) atoms. The molecule has 3 rings (SSSR count). The fourth-order valence-electron chi connectivity index (χ4n) is 3.68. The monoisotopic (exact) mass is 501 g/mol. The highest BCUT2D eigenvalue weighted by molar-refractivity contribution is 5.79. The smallest absolute Gasteiger partial charge is 0.294 e. The molecule has 4 N–H and O–H groups in total. The molecule has 196 valence electrons. The van der Waals surface area contributed by atoms with Crippen LogP contribution in [0, 0.1) is 0 Å². The van der Waals surface area contributed by atoms with E-state index in [1.54, 1.807) is 61.2 Å². The number of likely N-dealkylation sites (N-methyl/N-ethyl adjacent to an activating group) is 1. The van der Waals surface area contributed by atoms with Gasteiger partial charge in [-0.25, -0.2) is 15.0 Å². The van der Waals surface area contributed by atoms with Crippen LogP contribution in [0.4, 0.5) is 5.82 Å². The van der Waals surface area contributed by atoms with E-state index in [1.807, 2.05) is 19.1 Å². The van der Waals surface area contributed by atoms with Crippen LogP contribution in [0.15, 0.2) is 35.4 Å². The second-order valence-electron chi connectivity index (χ2n) is 9.36. The molecular formula is C25H37N6O5+. The average molecular weight is 502 g/mol. The maximum atomic E-state index is 13.5. The Labute approximate surface area is 210 Å². The van der Waals surface area contributed by atoms with Gasteiger partial charge in [-0.05, 0) is 32.4 Å². The number of aliphatic hydroxyl groups excluding tert-OH is 1. The van der Waals surface area contributed by atoms with Crippen LogP contribution in [0.25, 0.3) is 22.3 Å². The second kappa shape index (κ2) is 12.2. The minimum Gasteiger partial charge on any atom is -0.481 e. The van der Waals surface area contributed by atoms with Gasteiger partial charge in [0.25, 0.3) is 5.56 Å². The summed E-state index contributed by atoms with van der Waals surface area (Å²) in [6, 6.07) is 5.51. The standard InChI is InChI=1S/C25H36N6O5/c1-6-10-36-11-9-31-19-12-18(17-7-8-21(35-5)26-13-17)14-27-22(19)29-23(24(31)33)30(4)15-20(32)28-16-25(2,3)34/h7-8,12-14,20,28,32,34H,6,9-11,15-16H2,1-5H3/p+1. The maximum absolute atomic E-state index is 13.5. The maximum Gasteiger partial charge on any atom is 0.294 e. The van der Waals surface area contributed by atoms with Crippen molar-refractivity contribution in [2.24, 2.45) is 0 Å². The van der Waals surface area contributed by atoms with Gasteiger partial charge in [0, 0.05) is 49.8 Å². The first-order chi connectivity index (χ1) is 17.1. The average Bonchev–Trinajstić information content (AvgIpc) is 2.85. The Hall–Kier alpha value is -3.12. The minimum atomic E-state index is -0.924. The molecule has 3 aromatic rings. The number of hydrogen-bond acceptors (Lipinski definition) is 9. The molecule has 0 fully saturated rings. The Kier molecular flexibility index (Phi) is 9.32. The van der Waals surface area contributed by atoms with Gasteiger partial charge in [-0.1, -0.05) is 6.92 Å². The zero-order valence-electron chi connectivity index (χ0n) is 21.6. The Morgan fingerprint density at radius 1 is 1.19 bits per heavy atom. The summed E-state index contributed by atoms with van der Waals surface area (Å²) in [5.41, 5.74) is 1.39. The molecule has 3 aromatic heterocycles. The fraction of sp³-hybridized carbons (Fsp3) is 0.520. The summed E-state index contributed by atoms with van der Waals surface area (Å²) in [6.45, 7) is 7.14. The summed E-state index contributed by atoms with van der Waals surface area (Å²) in [4.78, 5) is 28.5. The third-order valence-electron chi connectivity index (χ3n) is 5.58. The van der Waals surface area contributed by atoms with Gasteiger partial charge in [-0.2, -0.15) is 0 Å². The number of aliphatic hydroxyl groups is 2. The predicted molar refractivity (Wildman–Crippen MR) is 137 cm³/mol. The predicted octanol–water partition coefficient (Wildman–Crippen LogP) is 0.378. The molecule has 0 saturated heterocycles. The van der Waals surface area contributed by atoms with Gasteiger partial charge in [-0.3, -0.25) is 9.36 Å². The summed E-state index contributed by atoms with van der Waals surface area (Å²) in [7, 11) is 3.26. The summed E-state index contributed by atoms with van der Waals surface area (Å²) in [6.07, 6.45) is 3.42. The lowest BCUT2D eigenvalue weighted by molar-refractivity contribution is -0.729. The number of nitrogens with two attached hydrogens (primary N) is 1. The van der Waals surface area contributed by atoms with Gasteiger partial charge < -0.3 is 29.9 Å². The molecule has 0 aromatic carbocycles. The highest BCUT2D eigenvalue weighted by atomic mass is 16.5. The molecule has 11 heteroatoms. The number of fused-ring (bicyclic) bond motifs is 1. The Balaban J connectivity index is 1.96. The molecule has 0 radical (unpaired) electrons. The molecule has 0 bridgehead atoms. The summed E-state index contributed by atoms with van der Waals surface area (Å²) in [5.74, 6) is 0.689. The molecule has 1 atom stereocenters. The van der Waals surface area contributed by atoms with E-state index >= 15 is 0 Å². The van der Waals surface area contributed by atoms with Crippen molar-refractivity contribution in [1.82, 2.24) is 19.5 Å². The number of methoxy groups -OCH3 is 1. The lowest BCUT2D eigenvalue weighted by atomic mass is 10.1. The topological polar surface area (TPSA) is 139 Å². The number of nitrogens with zero attached hydrogens (tertiary/aromatic N) is 5. The van der Waals surface area contributed by atoms with E-state index in [1.165, 1.54) is 0 Å². The first kappa shape index (κ1) is 27.5. The van der Waals surface area contributed by atoms with Gasteiger partial charge in [0.1, 0.15) is 12.1 Å². The zero-order valence-corrected chi connectivity index (χ0v) is 21.6. The lowest BCUT2D eigenvalue weighted by Gasteiger charge is -2.23. The molecule has 0 aliphatic heterocycles. The molecule has 0 saturated carbocycles. The van der Waals surface area contributed by atoms with Crippen LogP contribution in [0.5, 0.6) is 5.88 Å². The van der Waals surface area contributed by atoms with Gasteiger partial charge in [0.15, 0.2) is 11.5 Å². The van der Waals surface area contributed by atoms with Crippen molar-refractivity contribution in [3.05, 3.63) is 40.9 Å². The molecule has 3 heterocycles. The van der Waals surface area contributed by atoms with E-state index in [0.717, 1.165) is 17.5 Å². The van der Waals surface area contributed by atoms with Crippen molar-refractivity contribution in [2.75, 3.05) is 45.4 Å². The van der Waals surface area contributed by atoms with Crippen molar-refractivity contribution in [2.45, 2.75) is 45.6 Å².